The van der Waals surface area contributed by atoms with Crippen molar-refractivity contribution in [1.82, 2.24) is 4.90 Å². The topological polar surface area (TPSA) is 37.4 Å². The van der Waals surface area contributed by atoms with Crippen LogP contribution in [0, 0.1) is 0 Å². The van der Waals surface area contributed by atoms with E-state index in [1.165, 1.54) is 13.8 Å². The summed E-state index contributed by atoms with van der Waals surface area (Å²) in [7, 11) is 0. The molecule has 0 rings (SSSR count). The molecule has 0 saturated heterocycles. The molecule has 9 heteroatoms. The molecule has 2 amide bonds. The zero-order chi connectivity index (χ0) is 15.4. The molecule has 0 N–H and O–H groups in total. The molecule has 3 nitrogen and oxygen atoms in total. The zero-order valence-corrected chi connectivity index (χ0v) is 10.2. The quantitative estimate of drug-likeness (QED) is 0.747. The summed E-state index contributed by atoms with van der Waals surface area (Å²) in [6.45, 7) is 2.83. The molecule has 0 heterocycles. The summed E-state index contributed by atoms with van der Waals surface area (Å²) in [6.07, 6.45) is -11.1. The predicted octanol–water partition coefficient (Wildman–Crippen LogP) is 3.04. The van der Waals surface area contributed by atoms with E-state index in [1.807, 2.05) is 0 Å². The maximum Gasteiger partial charge on any atom is 0.471 e. The van der Waals surface area contributed by atoms with Crippen molar-refractivity contribution in [2.45, 2.75) is 51.5 Å². The summed E-state index contributed by atoms with van der Waals surface area (Å²) in [5.74, 6) is -5.56. The van der Waals surface area contributed by atoms with Crippen LogP contribution < -0.4 is 0 Å². The minimum Gasteiger partial charge on any atom is -0.264 e. The van der Waals surface area contributed by atoms with Crippen LogP contribution in [0.5, 0.6) is 0 Å². The molecule has 0 saturated carbocycles. The van der Waals surface area contributed by atoms with Gasteiger partial charge >= 0.3 is 24.2 Å². The van der Waals surface area contributed by atoms with E-state index in [0.717, 1.165) is 0 Å². The van der Waals surface area contributed by atoms with E-state index in [1.54, 1.807) is 0 Å². The van der Waals surface area contributed by atoms with E-state index >= 15 is 0 Å². The second kappa shape index (κ2) is 6.25. The fourth-order valence-electron chi connectivity index (χ4n) is 1.55. The van der Waals surface area contributed by atoms with Crippen LogP contribution >= 0.6 is 0 Å². The van der Waals surface area contributed by atoms with Crippen LogP contribution in [0.4, 0.5) is 26.3 Å². The van der Waals surface area contributed by atoms with Gasteiger partial charge in [0.1, 0.15) is 0 Å². The molecule has 0 radical (unpaired) electrons. The van der Waals surface area contributed by atoms with Gasteiger partial charge in [-0.05, 0) is 12.8 Å². The first-order chi connectivity index (χ1) is 8.46. The van der Waals surface area contributed by atoms with Crippen LogP contribution in [0.15, 0.2) is 0 Å². The lowest BCUT2D eigenvalue weighted by Gasteiger charge is -2.30. The Morgan fingerprint density at radius 3 is 1.53 bits per heavy atom. The molecule has 0 aliphatic rings. The average molecular weight is 293 g/mol. The monoisotopic (exact) mass is 293 g/mol. The Kier molecular flexibility index (Phi) is 5.83. The van der Waals surface area contributed by atoms with Crippen LogP contribution in [-0.4, -0.2) is 35.1 Å². The highest BCUT2D eigenvalue weighted by molar-refractivity contribution is 6.00. The summed E-state index contributed by atoms with van der Waals surface area (Å²) in [5, 5.41) is 0. The summed E-state index contributed by atoms with van der Waals surface area (Å²) >= 11 is 0. The van der Waals surface area contributed by atoms with Gasteiger partial charge < -0.3 is 0 Å². The van der Waals surface area contributed by atoms with Gasteiger partial charge in [0.05, 0.1) is 0 Å². The number of alkyl halides is 6. The molecule has 0 spiro atoms. The fourth-order valence-corrected chi connectivity index (χ4v) is 1.55. The van der Waals surface area contributed by atoms with Gasteiger partial charge in [-0.15, -0.1) is 0 Å². The summed E-state index contributed by atoms with van der Waals surface area (Å²) in [5.41, 5.74) is 0. The van der Waals surface area contributed by atoms with Gasteiger partial charge in [-0.1, -0.05) is 20.3 Å². The highest BCUT2D eigenvalue weighted by Gasteiger charge is 2.53. The van der Waals surface area contributed by atoms with E-state index in [0.29, 0.717) is 0 Å². The third-order valence-corrected chi connectivity index (χ3v) is 2.38. The van der Waals surface area contributed by atoms with E-state index in [9.17, 15) is 35.9 Å². The van der Waals surface area contributed by atoms with Crippen LogP contribution in [0.3, 0.4) is 0 Å². The molecule has 1 atom stereocenters. The highest BCUT2D eigenvalue weighted by Crippen LogP contribution is 2.28. The van der Waals surface area contributed by atoms with Crippen molar-refractivity contribution in [3.8, 4) is 0 Å². The lowest BCUT2D eigenvalue weighted by molar-refractivity contribution is -0.207. The van der Waals surface area contributed by atoms with Crippen molar-refractivity contribution in [3.63, 3.8) is 0 Å². The van der Waals surface area contributed by atoms with Gasteiger partial charge in [0.15, 0.2) is 0 Å². The second-order valence-electron chi connectivity index (χ2n) is 3.83. The lowest BCUT2D eigenvalue weighted by Crippen LogP contribution is -2.54. The van der Waals surface area contributed by atoms with E-state index in [4.69, 9.17) is 0 Å². The molecule has 0 aromatic carbocycles. The van der Waals surface area contributed by atoms with Gasteiger partial charge in [-0.3, -0.25) is 14.5 Å². The molecule has 0 fully saturated rings. The Labute approximate surface area is 105 Å². The van der Waals surface area contributed by atoms with Gasteiger partial charge in [0, 0.05) is 6.04 Å². The van der Waals surface area contributed by atoms with Crippen molar-refractivity contribution in [2.75, 3.05) is 0 Å². The SMILES string of the molecule is CCCC(CC)N(C(=O)C(F)(F)F)C(=O)C(F)(F)F. The molecule has 1 unspecified atom stereocenters. The molecular formula is C10H13F6NO2. The Hall–Kier alpha value is -1.28. The van der Waals surface area contributed by atoms with Crippen molar-refractivity contribution >= 4 is 11.8 Å². The van der Waals surface area contributed by atoms with Crippen molar-refractivity contribution in [3.05, 3.63) is 0 Å². The van der Waals surface area contributed by atoms with Gasteiger partial charge in [0.2, 0.25) is 0 Å². The molecule has 0 aliphatic carbocycles. The molecule has 0 aromatic heterocycles. The number of rotatable bonds is 4. The summed E-state index contributed by atoms with van der Waals surface area (Å²) in [4.78, 5) is 21.3. The Morgan fingerprint density at radius 1 is 0.947 bits per heavy atom. The smallest absolute Gasteiger partial charge is 0.264 e. The van der Waals surface area contributed by atoms with Crippen LogP contribution in [0.25, 0.3) is 0 Å². The number of carbonyl (C=O) groups excluding carboxylic acids is 2. The second-order valence-corrected chi connectivity index (χ2v) is 3.83. The predicted molar refractivity (Wildman–Crippen MR) is 53.0 cm³/mol. The van der Waals surface area contributed by atoms with Crippen molar-refractivity contribution in [2.24, 2.45) is 0 Å². The van der Waals surface area contributed by atoms with Crippen LogP contribution in [0.2, 0.25) is 0 Å². The first kappa shape index (κ1) is 17.7. The third-order valence-electron chi connectivity index (χ3n) is 2.38. The maximum absolute atomic E-state index is 12.3. The van der Waals surface area contributed by atoms with Crippen LogP contribution in [0.1, 0.15) is 33.1 Å². The Bertz CT molecular complexity index is 310. The van der Waals surface area contributed by atoms with Crippen molar-refractivity contribution < 1.29 is 35.9 Å². The van der Waals surface area contributed by atoms with Gasteiger partial charge in [-0.2, -0.15) is 26.3 Å². The van der Waals surface area contributed by atoms with E-state index < -0.39 is 35.1 Å². The molecule has 0 bridgehead atoms. The molecule has 0 aromatic rings. The molecule has 19 heavy (non-hydrogen) atoms. The maximum atomic E-state index is 12.3. The molecule has 112 valence electrons. The summed E-state index contributed by atoms with van der Waals surface area (Å²) < 4.78 is 73.6. The molecule has 0 aliphatic heterocycles. The normalized spacial score (nSPS) is 14.1. The first-order valence-electron chi connectivity index (χ1n) is 5.48. The number of imide groups is 1. The average Bonchev–Trinajstić information content (AvgIpc) is 2.25. The number of hydrogen-bond acceptors (Lipinski definition) is 2. The Morgan fingerprint density at radius 2 is 1.32 bits per heavy atom. The van der Waals surface area contributed by atoms with E-state index in [-0.39, 0.29) is 19.3 Å². The highest BCUT2D eigenvalue weighted by atomic mass is 19.4. The third kappa shape index (κ3) is 4.71. The largest absolute Gasteiger partial charge is 0.471 e. The minimum absolute atomic E-state index is 0.125. The number of nitrogens with zero attached hydrogens (tertiary/aromatic N) is 1. The molecular weight excluding hydrogens is 280 g/mol. The number of carbonyl (C=O) groups is 2. The first-order valence-corrected chi connectivity index (χ1v) is 5.48. The van der Waals surface area contributed by atoms with Gasteiger partial charge in [0.25, 0.3) is 0 Å². The van der Waals surface area contributed by atoms with E-state index in [2.05, 4.69) is 0 Å². The standard InChI is InChI=1S/C10H13F6NO2/c1-3-5-6(4-2)17(7(18)9(11,12)13)8(19)10(14,15)16/h6H,3-5H2,1-2H3. The minimum atomic E-state index is -5.53. The Balaban J connectivity index is 5.49. The number of hydrogen-bond donors (Lipinski definition) is 0. The zero-order valence-electron chi connectivity index (χ0n) is 10.2. The van der Waals surface area contributed by atoms with Gasteiger partial charge in [-0.25, -0.2) is 0 Å². The number of amides is 2. The summed E-state index contributed by atoms with van der Waals surface area (Å²) in [6, 6.07) is -1.42. The van der Waals surface area contributed by atoms with Crippen molar-refractivity contribution in [1.29, 1.82) is 0 Å². The fraction of sp³-hybridized carbons (Fsp3) is 0.800. The van der Waals surface area contributed by atoms with Crippen LogP contribution in [-0.2, 0) is 9.59 Å². The lowest BCUT2D eigenvalue weighted by atomic mass is 10.1. The number of halogens is 6.